The number of phenolic OH excluding ortho intramolecular Hbond substituents is 1. The van der Waals surface area contributed by atoms with Crippen LogP contribution in [-0.4, -0.2) is 43.7 Å². The Bertz CT molecular complexity index is 711. The second-order valence-corrected chi connectivity index (χ2v) is 5.84. The predicted octanol–water partition coefficient (Wildman–Crippen LogP) is 3.04. The van der Waals surface area contributed by atoms with Crippen molar-refractivity contribution in [3.63, 3.8) is 0 Å². The van der Waals surface area contributed by atoms with Crippen molar-refractivity contribution >= 4 is 11.6 Å². The van der Waals surface area contributed by atoms with E-state index < -0.39 is 0 Å². The van der Waals surface area contributed by atoms with Crippen LogP contribution in [-0.2, 0) is 4.79 Å². The highest BCUT2D eigenvalue weighted by molar-refractivity contribution is 5.92. The highest BCUT2D eigenvalue weighted by Gasteiger charge is 2.16. The number of methoxy groups -OCH3 is 2. The molecule has 0 unspecified atom stereocenters. The first-order valence-electron chi connectivity index (χ1n) is 7.95. The number of aromatic hydroxyl groups is 1. The zero-order chi connectivity index (χ0) is 18.4. The van der Waals surface area contributed by atoms with E-state index in [1.807, 2.05) is 24.9 Å². The van der Waals surface area contributed by atoms with Crippen molar-refractivity contribution in [1.82, 2.24) is 4.90 Å². The molecule has 2 aromatic rings. The van der Waals surface area contributed by atoms with Crippen LogP contribution in [0.1, 0.15) is 18.5 Å². The molecule has 1 atom stereocenters. The Morgan fingerprint density at radius 2 is 1.80 bits per heavy atom. The molecule has 0 aliphatic rings. The van der Waals surface area contributed by atoms with E-state index in [0.717, 1.165) is 5.56 Å². The van der Waals surface area contributed by atoms with E-state index in [1.54, 1.807) is 50.6 Å². The summed E-state index contributed by atoms with van der Waals surface area (Å²) in [5.74, 6) is 1.28. The van der Waals surface area contributed by atoms with Gasteiger partial charge in [-0.15, -0.1) is 0 Å². The number of benzene rings is 2. The Balaban J connectivity index is 2.02. The molecule has 0 radical (unpaired) electrons. The van der Waals surface area contributed by atoms with Crippen molar-refractivity contribution in [3.05, 3.63) is 48.0 Å². The van der Waals surface area contributed by atoms with Crippen molar-refractivity contribution in [1.29, 1.82) is 0 Å². The summed E-state index contributed by atoms with van der Waals surface area (Å²) in [7, 11) is 4.98. The molecule has 0 fully saturated rings. The quantitative estimate of drug-likeness (QED) is 0.808. The number of nitrogens with zero attached hydrogens (tertiary/aromatic N) is 1. The zero-order valence-electron chi connectivity index (χ0n) is 14.9. The van der Waals surface area contributed by atoms with Gasteiger partial charge in [-0.3, -0.25) is 9.69 Å². The zero-order valence-corrected chi connectivity index (χ0v) is 14.9. The molecule has 0 saturated carbocycles. The van der Waals surface area contributed by atoms with E-state index in [0.29, 0.717) is 17.2 Å². The minimum Gasteiger partial charge on any atom is -0.508 e. The number of amides is 1. The van der Waals surface area contributed by atoms with Gasteiger partial charge in [-0.2, -0.15) is 0 Å². The molecule has 1 amide bonds. The van der Waals surface area contributed by atoms with Gasteiger partial charge in [0.05, 0.1) is 20.8 Å². The van der Waals surface area contributed by atoms with Crippen LogP contribution in [0.2, 0.25) is 0 Å². The minimum absolute atomic E-state index is 0.0160. The van der Waals surface area contributed by atoms with Gasteiger partial charge in [0.25, 0.3) is 0 Å². The summed E-state index contributed by atoms with van der Waals surface area (Å²) >= 11 is 0. The van der Waals surface area contributed by atoms with Gasteiger partial charge in [-0.25, -0.2) is 0 Å². The summed E-state index contributed by atoms with van der Waals surface area (Å²) in [6.07, 6.45) is 0. The average Bonchev–Trinajstić information content (AvgIpc) is 2.60. The number of phenols is 1. The number of carbonyl (C=O) groups is 1. The van der Waals surface area contributed by atoms with Gasteiger partial charge in [-0.05, 0) is 31.7 Å². The van der Waals surface area contributed by atoms with Gasteiger partial charge < -0.3 is 19.9 Å². The van der Waals surface area contributed by atoms with E-state index in [4.69, 9.17) is 9.47 Å². The lowest BCUT2D eigenvalue weighted by Gasteiger charge is -2.24. The van der Waals surface area contributed by atoms with Crippen molar-refractivity contribution in [2.24, 2.45) is 0 Å². The van der Waals surface area contributed by atoms with Crippen molar-refractivity contribution in [2.45, 2.75) is 13.0 Å². The maximum absolute atomic E-state index is 12.3. The Morgan fingerprint density at radius 3 is 2.36 bits per heavy atom. The molecule has 0 aliphatic heterocycles. The van der Waals surface area contributed by atoms with Gasteiger partial charge >= 0.3 is 0 Å². The number of likely N-dealkylation sites (N-methyl/N-ethyl adjacent to an activating group) is 1. The van der Waals surface area contributed by atoms with Crippen LogP contribution in [0.15, 0.2) is 42.5 Å². The fourth-order valence-corrected chi connectivity index (χ4v) is 2.48. The van der Waals surface area contributed by atoms with Gasteiger partial charge in [0.15, 0.2) is 0 Å². The lowest BCUT2D eigenvalue weighted by molar-refractivity contribution is -0.117. The molecule has 0 aromatic heterocycles. The molecule has 2 aromatic carbocycles. The first-order chi connectivity index (χ1) is 11.9. The van der Waals surface area contributed by atoms with Crippen LogP contribution < -0.4 is 14.8 Å². The number of anilines is 1. The second kappa shape index (κ2) is 8.39. The smallest absolute Gasteiger partial charge is 0.238 e. The second-order valence-electron chi connectivity index (χ2n) is 5.84. The van der Waals surface area contributed by atoms with Crippen LogP contribution in [0.25, 0.3) is 0 Å². The summed E-state index contributed by atoms with van der Waals surface area (Å²) in [5.41, 5.74) is 1.55. The van der Waals surface area contributed by atoms with E-state index >= 15 is 0 Å². The van der Waals surface area contributed by atoms with Crippen LogP contribution in [0, 0.1) is 0 Å². The van der Waals surface area contributed by atoms with Gasteiger partial charge in [-0.1, -0.05) is 12.1 Å². The molecule has 6 nitrogen and oxygen atoms in total. The lowest BCUT2D eigenvalue weighted by atomic mass is 10.1. The van der Waals surface area contributed by atoms with Gasteiger partial charge in [0.1, 0.15) is 17.2 Å². The van der Waals surface area contributed by atoms with E-state index in [9.17, 15) is 9.90 Å². The molecule has 0 aliphatic carbocycles. The Morgan fingerprint density at radius 1 is 1.16 bits per heavy atom. The molecule has 25 heavy (non-hydrogen) atoms. The number of hydrogen-bond acceptors (Lipinski definition) is 5. The first-order valence-corrected chi connectivity index (χ1v) is 7.95. The third-order valence-electron chi connectivity index (χ3n) is 4.04. The summed E-state index contributed by atoms with van der Waals surface area (Å²) < 4.78 is 10.4. The molecule has 2 N–H and O–H groups in total. The Kier molecular flexibility index (Phi) is 6.25. The van der Waals surface area contributed by atoms with Crippen molar-refractivity contribution in [2.75, 3.05) is 33.1 Å². The minimum atomic E-state index is -0.148. The topological polar surface area (TPSA) is 71.0 Å². The monoisotopic (exact) mass is 344 g/mol. The number of nitrogens with one attached hydrogen (secondary N) is 1. The number of ether oxygens (including phenoxy) is 2. The predicted molar refractivity (Wildman–Crippen MR) is 97.3 cm³/mol. The highest BCUT2D eigenvalue weighted by atomic mass is 16.5. The maximum atomic E-state index is 12.3. The SMILES string of the molecule is COc1cc(NC(=O)CN(C)[C@H](C)c2cccc(O)c2)cc(OC)c1. The van der Waals surface area contributed by atoms with Gasteiger partial charge in [0.2, 0.25) is 5.91 Å². The van der Waals surface area contributed by atoms with Crippen LogP contribution >= 0.6 is 0 Å². The van der Waals surface area contributed by atoms with E-state index in [-0.39, 0.29) is 24.2 Å². The van der Waals surface area contributed by atoms with Crippen molar-refractivity contribution < 1.29 is 19.4 Å². The summed E-state index contributed by atoms with van der Waals surface area (Å²) in [4.78, 5) is 14.2. The highest BCUT2D eigenvalue weighted by Crippen LogP contribution is 2.26. The first kappa shape index (κ1) is 18.6. The summed E-state index contributed by atoms with van der Waals surface area (Å²) in [6, 6.07) is 12.2. The molecule has 6 heteroatoms. The average molecular weight is 344 g/mol. The fraction of sp³-hybridized carbons (Fsp3) is 0.316. The maximum Gasteiger partial charge on any atom is 0.238 e. The summed E-state index contributed by atoms with van der Waals surface area (Å²) in [5, 5.41) is 12.4. The molecule has 134 valence electrons. The van der Waals surface area contributed by atoms with E-state index in [2.05, 4.69) is 5.32 Å². The molecule has 0 saturated heterocycles. The third kappa shape index (κ3) is 5.12. The number of hydrogen-bond donors (Lipinski definition) is 2. The standard InChI is InChI=1S/C19H24N2O4/c1-13(14-6-5-7-16(22)8-14)21(2)12-19(23)20-15-9-17(24-3)11-18(10-15)25-4/h5-11,13,22H,12H2,1-4H3,(H,20,23)/t13-/m1/s1. The molecule has 0 heterocycles. The molecule has 2 rings (SSSR count). The molecule has 0 spiro atoms. The number of rotatable bonds is 7. The van der Waals surface area contributed by atoms with Crippen molar-refractivity contribution in [3.8, 4) is 17.2 Å². The molecular weight excluding hydrogens is 320 g/mol. The molecular formula is C19H24N2O4. The number of carbonyl (C=O) groups excluding carboxylic acids is 1. The van der Waals surface area contributed by atoms with Crippen LogP contribution in [0.3, 0.4) is 0 Å². The molecule has 0 bridgehead atoms. The van der Waals surface area contributed by atoms with Crippen LogP contribution in [0.4, 0.5) is 5.69 Å². The Hall–Kier alpha value is -2.73. The lowest BCUT2D eigenvalue weighted by Crippen LogP contribution is -2.32. The summed E-state index contributed by atoms with van der Waals surface area (Å²) in [6.45, 7) is 2.19. The third-order valence-corrected chi connectivity index (χ3v) is 4.04. The van der Waals surface area contributed by atoms with Crippen LogP contribution in [0.5, 0.6) is 17.2 Å². The normalized spacial score (nSPS) is 11.9. The van der Waals surface area contributed by atoms with E-state index in [1.165, 1.54) is 0 Å². The Labute approximate surface area is 148 Å². The fourth-order valence-electron chi connectivity index (χ4n) is 2.48. The largest absolute Gasteiger partial charge is 0.508 e. The van der Waals surface area contributed by atoms with Gasteiger partial charge in [0, 0.05) is 29.9 Å².